The quantitative estimate of drug-likeness (QED) is 0.854. The summed E-state index contributed by atoms with van der Waals surface area (Å²) < 4.78 is 11.0. The first-order valence-electron chi connectivity index (χ1n) is 9.23. The molecule has 1 unspecified atom stereocenters. The summed E-state index contributed by atoms with van der Waals surface area (Å²) in [4.78, 5) is 26.8. The molecule has 0 radical (unpaired) electrons. The third-order valence-electron chi connectivity index (χ3n) is 4.97. The van der Waals surface area contributed by atoms with E-state index < -0.39 is 5.92 Å². The van der Waals surface area contributed by atoms with E-state index in [1.807, 2.05) is 31.2 Å². The number of nitrogens with zero attached hydrogens (tertiary/aromatic N) is 1. The van der Waals surface area contributed by atoms with Crippen molar-refractivity contribution in [3.8, 4) is 11.5 Å². The fourth-order valence-electron chi connectivity index (χ4n) is 3.41. The van der Waals surface area contributed by atoms with Gasteiger partial charge in [-0.2, -0.15) is 0 Å². The SMILES string of the molecule is Cc1ccc(CN2CC(C(=O)Nc3cc4c(cc3Cl)OCCO4)CC2=O)cc1. The number of carbonyl (C=O) groups excluding carboxylic acids is 2. The van der Waals surface area contributed by atoms with Crippen LogP contribution >= 0.6 is 11.6 Å². The van der Waals surface area contributed by atoms with Gasteiger partial charge in [-0.25, -0.2) is 0 Å². The second-order valence-electron chi connectivity index (χ2n) is 7.13. The Morgan fingerprint density at radius 3 is 2.57 bits per heavy atom. The van der Waals surface area contributed by atoms with Crippen LogP contribution in [0.15, 0.2) is 36.4 Å². The monoisotopic (exact) mass is 400 g/mol. The summed E-state index contributed by atoms with van der Waals surface area (Å²) in [6.07, 6.45) is 0.194. The van der Waals surface area contributed by atoms with Crippen LogP contribution in [0.5, 0.6) is 11.5 Å². The molecule has 2 heterocycles. The van der Waals surface area contributed by atoms with Crippen molar-refractivity contribution in [2.24, 2.45) is 5.92 Å². The molecule has 0 bridgehead atoms. The fourth-order valence-corrected chi connectivity index (χ4v) is 3.61. The van der Waals surface area contributed by atoms with Crippen LogP contribution in [-0.2, 0) is 16.1 Å². The van der Waals surface area contributed by atoms with E-state index in [-0.39, 0.29) is 18.2 Å². The number of amides is 2. The maximum absolute atomic E-state index is 12.7. The van der Waals surface area contributed by atoms with E-state index >= 15 is 0 Å². The summed E-state index contributed by atoms with van der Waals surface area (Å²) in [6, 6.07) is 11.3. The Morgan fingerprint density at radius 2 is 1.86 bits per heavy atom. The zero-order valence-corrected chi connectivity index (χ0v) is 16.3. The third-order valence-corrected chi connectivity index (χ3v) is 5.28. The van der Waals surface area contributed by atoms with Crippen LogP contribution in [0.2, 0.25) is 5.02 Å². The average molecular weight is 401 g/mol. The van der Waals surface area contributed by atoms with Gasteiger partial charge in [0.2, 0.25) is 11.8 Å². The number of rotatable bonds is 4. The summed E-state index contributed by atoms with van der Waals surface area (Å²) in [7, 11) is 0. The Labute approximate surface area is 168 Å². The largest absolute Gasteiger partial charge is 0.486 e. The number of carbonyl (C=O) groups is 2. The average Bonchev–Trinajstić information content (AvgIpc) is 3.05. The maximum Gasteiger partial charge on any atom is 0.229 e. The number of ether oxygens (including phenoxy) is 2. The van der Waals surface area contributed by atoms with Crippen molar-refractivity contribution in [2.45, 2.75) is 19.9 Å². The van der Waals surface area contributed by atoms with Gasteiger partial charge in [0.25, 0.3) is 0 Å². The molecule has 2 aromatic carbocycles. The normalized spacial score (nSPS) is 18.3. The number of hydrogen-bond acceptors (Lipinski definition) is 4. The van der Waals surface area contributed by atoms with Crippen LogP contribution in [-0.4, -0.2) is 36.5 Å². The molecular weight excluding hydrogens is 380 g/mol. The second kappa shape index (κ2) is 7.72. The molecule has 146 valence electrons. The smallest absolute Gasteiger partial charge is 0.229 e. The molecule has 2 aliphatic heterocycles. The summed E-state index contributed by atoms with van der Waals surface area (Å²) >= 11 is 6.26. The molecule has 1 fully saturated rings. The molecule has 2 amide bonds. The fraction of sp³-hybridized carbons (Fsp3) is 0.333. The first-order valence-corrected chi connectivity index (χ1v) is 9.61. The minimum atomic E-state index is -0.415. The molecule has 2 aliphatic rings. The molecule has 1 N–H and O–H groups in total. The topological polar surface area (TPSA) is 67.9 Å². The van der Waals surface area contributed by atoms with E-state index in [1.54, 1.807) is 17.0 Å². The van der Waals surface area contributed by atoms with Crippen LogP contribution in [0.25, 0.3) is 0 Å². The Morgan fingerprint density at radius 1 is 1.18 bits per heavy atom. The number of hydrogen-bond donors (Lipinski definition) is 1. The summed E-state index contributed by atoms with van der Waals surface area (Å²) in [5, 5.41) is 3.20. The lowest BCUT2D eigenvalue weighted by Gasteiger charge is -2.20. The lowest BCUT2D eigenvalue weighted by Crippen LogP contribution is -2.28. The molecule has 1 atom stereocenters. The van der Waals surface area contributed by atoms with Gasteiger partial charge in [0.1, 0.15) is 13.2 Å². The van der Waals surface area contributed by atoms with Gasteiger partial charge in [0, 0.05) is 31.6 Å². The van der Waals surface area contributed by atoms with E-state index in [4.69, 9.17) is 21.1 Å². The predicted octanol–water partition coefficient (Wildman–Crippen LogP) is 3.41. The van der Waals surface area contributed by atoms with Crippen molar-refractivity contribution in [1.82, 2.24) is 4.90 Å². The van der Waals surface area contributed by atoms with Crippen molar-refractivity contribution in [3.05, 3.63) is 52.5 Å². The molecule has 7 heteroatoms. The van der Waals surface area contributed by atoms with Gasteiger partial charge in [0.15, 0.2) is 11.5 Å². The summed E-state index contributed by atoms with van der Waals surface area (Å²) in [5.74, 6) is 0.457. The molecule has 2 aromatic rings. The van der Waals surface area contributed by atoms with E-state index in [2.05, 4.69) is 5.32 Å². The van der Waals surface area contributed by atoms with E-state index in [0.29, 0.717) is 48.5 Å². The predicted molar refractivity (Wildman–Crippen MR) is 106 cm³/mol. The van der Waals surface area contributed by atoms with Gasteiger partial charge in [-0.1, -0.05) is 41.4 Å². The summed E-state index contributed by atoms with van der Waals surface area (Å²) in [5.41, 5.74) is 2.68. The maximum atomic E-state index is 12.7. The number of likely N-dealkylation sites (tertiary alicyclic amines) is 1. The van der Waals surface area contributed by atoms with Gasteiger partial charge in [-0.3, -0.25) is 9.59 Å². The Hall–Kier alpha value is -2.73. The third kappa shape index (κ3) is 3.92. The molecule has 4 rings (SSSR count). The number of nitrogens with one attached hydrogen (secondary N) is 1. The minimum Gasteiger partial charge on any atom is -0.486 e. The van der Waals surface area contributed by atoms with Gasteiger partial charge in [-0.05, 0) is 12.5 Å². The van der Waals surface area contributed by atoms with E-state index in [1.165, 1.54) is 5.56 Å². The van der Waals surface area contributed by atoms with Crippen molar-refractivity contribution < 1.29 is 19.1 Å². The zero-order chi connectivity index (χ0) is 19.7. The Kier molecular flexibility index (Phi) is 5.13. The van der Waals surface area contributed by atoms with Crippen LogP contribution in [0.1, 0.15) is 17.5 Å². The molecule has 6 nitrogen and oxygen atoms in total. The van der Waals surface area contributed by atoms with Crippen molar-refractivity contribution in [1.29, 1.82) is 0 Å². The van der Waals surface area contributed by atoms with Gasteiger partial charge in [-0.15, -0.1) is 0 Å². The molecule has 0 spiro atoms. The number of anilines is 1. The van der Waals surface area contributed by atoms with Gasteiger partial charge < -0.3 is 19.7 Å². The first-order chi connectivity index (χ1) is 13.5. The minimum absolute atomic E-state index is 0.0194. The molecule has 0 aromatic heterocycles. The number of halogens is 1. The number of fused-ring (bicyclic) bond motifs is 1. The van der Waals surface area contributed by atoms with Crippen LogP contribution in [0.4, 0.5) is 5.69 Å². The van der Waals surface area contributed by atoms with Crippen molar-refractivity contribution in [2.75, 3.05) is 25.1 Å². The van der Waals surface area contributed by atoms with Gasteiger partial charge in [0.05, 0.1) is 16.6 Å². The standard InChI is InChI=1S/C21H21ClN2O4/c1-13-2-4-14(5-3-13)11-24-12-15(8-20(24)25)21(26)23-17-10-19-18(9-16(17)22)27-6-7-28-19/h2-5,9-10,15H,6-8,11-12H2,1H3,(H,23,26). The Balaban J connectivity index is 1.41. The number of benzene rings is 2. The van der Waals surface area contributed by atoms with E-state index in [0.717, 1.165) is 5.56 Å². The van der Waals surface area contributed by atoms with E-state index in [9.17, 15) is 9.59 Å². The Bertz CT molecular complexity index is 913. The zero-order valence-electron chi connectivity index (χ0n) is 15.5. The lowest BCUT2D eigenvalue weighted by molar-refractivity contribution is -0.128. The van der Waals surface area contributed by atoms with Crippen LogP contribution in [0.3, 0.4) is 0 Å². The summed E-state index contributed by atoms with van der Waals surface area (Å²) in [6.45, 7) is 3.84. The second-order valence-corrected chi connectivity index (χ2v) is 7.53. The first kappa shape index (κ1) is 18.6. The molecule has 1 saturated heterocycles. The molecule has 0 aliphatic carbocycles. The highest BCUT2D eigenvalue weighted by atomic mass is 35.5. The highest BCUT2D eigenvalue weighted by Gasteiger charge is 2.34. The van der Waals surface area contributed by atoms with Crippen molar-refractivity contribution in [3.63, 3.8) is 0 Å². The highest BCUT2D eigenvalue weighted by Crippen LogP contribution is 2.38. The molecule has 28 heavy (non-hydrogen) atoms. The van der Waals surface area contributed by atoms with Crippen molar-refractivity contribution >= 4 is 29.1 Å². The number of aryl methyl sites for hydroxylation is 1. The van der Waals surface area contributed by atoms with Gasteiger partial charge >= 0.3 is 0 Å². The van der Waals surface area contributed by atoms with Crippen LogP contribution in [0, 0.1) is 12.8 Å². The lowest BCUT2D eigenvalue weighted by atomic mass is 10.1. The van der Waals surface area contributed by atoms with Crippen LogP contribution < -0.4 is 14.8 Å². The molecular formula is C21H21ClN2O4. The highest BCUT2D eigenvalue weighted by molar-refractivity contribution is 6.34. The molecule has 0 saturated carbocycles.